The number of hydrogen-bond donors (Lipinski definition) is 1. The van der Waals surface area contributed by atoms with Crippen LogP contribution in [0, 0.1) is 5.82 Å². The van der Waals surface area contributed by atoms with Gasteiger partial charge in [0.05, 0.1) is 33.3 Å². The minimum atomic E-state index is -3.84. The van der Waals surface area contributed by atoms with Crippen molar-refractivity contribution in [3.63, 3.8) is 0 Å². The molecule has 1 saturated carbocycles. The minimum absolute atomic E-state index is 0.0353. The highest BCUT2D eigenvalue weighted by Crippen LogP contribution is 2.34. The number of anilines is 1. The summed E-state index contributed by atoms with van der Waals surface area (Å²) in [6, 6.07) is 8.36. The maximum absolute atomic E-state index is 13.6. The van der Waals surface area contributed by atoms with Crippen molar-refractivity contribution >= 4 is 32.5 Å². The second kappa shape index (κ2) is 9.17. The van der Waals surface area contributed by atoms with E-state index < -0.39 is 37.9 Å². The first kappa shape index (κ1) is 23.9. The summed E-state index contributed by atoms with van der Waals surface area (Å²) in [7, 11) is -1.02. The van der Waals surface area contributed by atoms with Crippen LogP contribution in [0.25, 0.3) is 11.0 Å². The van der Waals surface area contributed by atoms with Gasteiger partial charge < -0.3 is 14.5 Å². The molecule has 34 heavy (non-hydrogen) atoms. The molecule has 0 spiro atoms. The van der Waals surface area contributed by atoms with Gasteiger partial charge in [0, 0.05) is 14.1 Å². The monoisotopic (exact) mass is 487 g/mol. The third-order valence-corrected chi connectivity index (χ3v) is 8.72. The van der Waals surface area contributed by atoms with Crippen LogP contribution < -0.4 is 16.4 Å². The zero-order valence-electron chi connectivity index (χ0n) is 19.0. The van der Waals surface area contributed by atoms with Crippen molar-refractivity contribution in [2.75, 3.05) is 5.32 Å². The fourth-order valence-corrected chi connectivity index (χ4v) is 6.52. The lowest BCUT2D eigenvalue weighted by molar-refractivity contribution is -0.115. The number of halogens is 1. The van der Waals surface area contributed by atoms with Gasteiger partial charge in [0.1, 0.15) is 5.82 Å². The topological polar surface area (TPSA) is 107 Å². The van der Waals surface area contributed by atoms with Crippen molar-refractivity contribution in [2.45, 2.75) is 48.7 Å². The van der Waals surface area contributed by atoms with Gasteiger partial charge in [0.25, 0.3) is 0 Å². The number of aromatic nitrogens is 2. The van der Waals surface area contributed by atoms with Crippen molar-refractivity contribution in [1.82, 2.24) is 9.13 Å². The largest absolute Gasteiger partial charge is 0.325 e. The molecule has 1 aliphatic carbocycles. The van der Waals surface area contributed by atoms with Gasteiger partial charge in [-0.05, 0) is 42.7 Å². The quantitative estimate of drug-likeness (QED) is 0.557. The van der Waals surface area contributed by atoms with Crippen LogP contribution in [0.15, 0.2) is 50.9 Å². The summed E-state index contributed by atoms with van der Waals surface area (Å²) in [6.45, 7) is 0. The summed E-state index contributed by atoms with van der Waals surface area (Å²) in [4.78, 5) is 37.4. The first-order valence-electron chi connectivity index (χ1n) is 11.1. The van der Waals surface area contributed by atoms with Crippen LogP contribution in [0.1, 0.15) is 37.7 Å². The van der Waals surface area contributed by atoms with Gasteiger partial charge in [-0.3, -0.25) is 14.4 Å². The van der Waals surface area contributed by atoms with Gasteiger partial charge in [-0.25, -0.2) is 12.8 Å². The zero-order valence-corrected chi connectivity index (χ0v) is 19.8. The Bertz CT molecular complexity index is 1500. The number of aryl methyl sites for hydroxylation is 2. The maximum atomic E-state index is 13.6. The summed E-state index contributed by atoms with van der Waals surface area (Å²) in [5.41, 5.74) is -0.507. The molecule has 0 unspecified atom stereocenters. The fourth-order valence-electron chi connectivity index (χ4n) is 4.52. The van der Waals surface area contributed by atoms with Crippen molar-refractivity contribution in [3.05, 3.63) is 68.5 Å². The molecule has 180 valence electrons. The molecule has 1 fully saturated rings. The van der Waals surface area contributed by atoms with Crippen molar-refractivity contribution in [3.8, 4) is 0 Å². The number of rotatable bonds is 5. The normalized spacial score (nSPS) is 14.9. The molecule has 0 aliphatic heterocycles. The molecule has 3 aromatic rings. The predicted molar refractivity (Wildman–Crippen MR) is 127 cm³/mol. The molecule has 2 aromatic carbocycles. The summed E-state index contributed by atoms with van der Waals surface area (Å²) in [5, 5.41) is 2.06. The Balaban J connectivity index is 1.85. The van der Waals surface area contributed by atoms with E-state index in [9.17, 15) is 27.2 Å². The first-order chi connectivity index (χ1) is 16.1. The molecular formula is C24H26FN3O5S. The summed E-state index contributed by atoms with van der Waals surface area (Å²) in [6.07, 6.45) is 3.44. The van der Waals surface area contributed by atoms with Crippen LogP contribution in [-0.2, 0) is 35.1 Å². The average molecular weight is 488 g/mol. The van der Waals surface area contributed by atoms with Crippen LogP contribution in [0.2, 0.25) is 0 Å². The Hall–Kier alpha value is -3.27. The van der Waals surface area contributed by atoms with Crippen LogP contribution >= 0.6 is 0 Å². The molecular weight excluding hydrogens is 461 g/mol. The molecule has 0 atom stereocenters. The van der Waals surface area contributed by atoms with E-state index in [0.717, 1.165) is 28.4 Å². The van der Waals surface area contributed by atoms with E-state index in [4.69, 9.17) is 0 Å². The molecule has 1 amide bonds. The van der Waals surface area contributed by atoms with Crippen LogP contribution in [0.5, 0.6) is 0 Å². The smallest absolute Gasteiger partial charge is 0.316 e. The summed E-state index contributed by atoms with van der Waals surface area (Å²) in [5.74, 6) is -1.01. The van der Waals surface area contributed by atoms with Gasteiger partial charge >= 0.3 is 11.1 Å². The highest BCUT2D eigenvalue weighted by atomic mass is 32.2. The van der Waals surface area contributed by atoms with E-state index in [1.165, 1.54) is 44.4 Å². The third kappa shape index (κ3) is 4.42. The Morgan fingerprint density at radius 3 is 2.24 bits per heavy atom. The zero-order chi connectivity index (χ0) is 24.6. The Kier molecular flexibility index (Phi) is 6.44. The van der Waals surface area contributed by atoms with Crippen LogP contribution in [-0.4, -0.2) is 28.7 Å². The molecule has 4 rings (SSSR count). The molecule has 0 saturated heterocycles. The van der Waals surface area contributed by atoms with E-state index in [2.05, 4.69) is 5.32 Å². The van der Waals surface area contributed by atoms with Crippen LogP contribution in [0.4, 0.5) is 10.1 Å². The predicted octanol–water partition coefficient (Wildman–Crippen LogP) is 2.66. The van der Waals surface area contributed by atoms with E-state index in [1.807, 2.05) is 0 Å². The minimum Gasteiger partial charge on any atom is -0.325 e. The SMILES string of the molecule is Cn1c(=O)c(=O)n(C)c2cc(S(=O)(=O)C3CCCCC3)c(NC(=O)Cc3cccc(F)c3)cc21. The van der Waals surface area contributed by atoms with Gasteiger partial charge in [-0.2, -0.15) is 0 Å². The lowest BCUT2D eigenvalue weighted by Gasteiger charge is -2.24. The van der Waals surface area contributed by atoms with E-state index in [1.54, 1.807) is 6.07 Å². The molecule has 10 heteroatoms. The summed E-state index contributed by atoms with van der Waals surface area (Å²) >= 11 is 0. The Morgan fingerprint density at radius 1 is 1.00 bits per heavy atom. The highest BCUT2D eigenvalue weighted by molar-refractivity contribution is 7.92. The Morgan fingerprint density at radius 2 is 1.62 bits per heavy atom. The lowest BCUT2D eigenvalue weighted by atomic mass is 10.0. The number of amides is 1. The number of benzene rings is 2. The first-order valence-corrected chi connectivity index (χ1v) is 12.7. The number of nitrogens with one attached hydrogen (secondary N) is 1. The maximum Gasteiger partial charge on any atom is 0.316 e. The van der Waals surface area contributed by atoms with Gasteiger partial charge in [0.2, 0.25) is 5.91 Å². The van der Waals surface area contributed by atoms with E-state index >= 15 is 0 Å². The molecule has 8 nitrogen and oxygen atoms in total. The number of nitrogens with zero attached hydrogens (tertiary/aromatic N) is 2. The second-order valence-corrected chi connectivity index (χ2v) is 10.9. The molecule has 0 bridgehead atoms. The van der Waals surface area contributed by atoms with E-state index in [0.29, 0.717) is 23.9 Å². The number of hydrogen-bond acceptors (Lipinski definition) is 5. The van der Waals surface area contributed by atoms with Crippen molar-refractivity contribution in [1.29, 1.82) is 0 Å². The fraction of sp³-hybridized carbons (Fsp3) is 0.375. The number of carbonyl (C=O) groups excluding carboxylic acids is 1. The average Bonchev–Trinajstić information content (AvgIpc) is 2.81. The van der Waals surface area contributed by atoms with Crippen LogP contribution in [0.3, 0.4) is 0 Å². The van der Waals surface area contributed by atoms with Gasteiger partial charge in [0.15, 0.2) is 9.84 Å². The molecule has 1 aromatic heterocycles. The lowest BCUT2D eigenvalue weighted by Crippen LogP contribution is -2.39. The highest BCUT2D eigenvalue weighted by Gasteiger charge is 2.32. The number of carbonyl (C=O) groups is 1. The van der Waals surface area contributed by atoms with Crippen molar-refractivity contribution < 1.29 is 17.6 Å². The molecule has 1 aliphatic rings. The molecule has 1 heterocycles. The second-order valence-electron chi connectivity index (χ2n) is 8.73. The van der Waals surface area contributed by atoms with Crippen molar-refractivity contribution in [2.24, 2.45) is 14.1 Å². The van der Waals surface area contributed by atoms with Gasteiger partial charge in [-0.1, -0.05) is 31.4 Å². The molecule has 0 radical (unpaired) electrons. The Labute approximate surface area is 195 Å². The standard InChI is InChI=1S/C24H26FN3O5S/c1-27-19-13-18(26-22(29)12-15-7-6-8-16(25)11-15)21(14-20(19)28(2)24(31)23(27)30)34(32,33)17-9-4-3-5-10-17/h6-8,11,13-14,17H,3-5,9-10,12H2,1-2H3,(H,26,29). The third-order valence-electron chi connectivity index (χ3n) is 6.42. The number of fused-ring (bicyclic) bond motifs is 1. The van der Waals surface area contributed by atoms with Gasteiger partial charge in [-0.15, -0.1) is 0 Å². The number of sulfone groups is 1. The summed E-state index contributed by atoms with van der Waals surface area (Å²) < 4.78 is 43.0. The molecule has 1 N–H and O–H groups in total. The van der Waals surface area contributed by atoms with E-state index in [-0.39, 0.29) is 22.5 Å².